The molecule has 1 N–H and O–H groups in total. The van der Waals surface area contributed by atoms with Crippen molar-refractivity contribution in [3.05, 3.63) is 56.4 Å². The summed E-state index contributed by atoms with van der Waals surface area (Å²) in [5.74, 6) is 0.0997. The number of nitrogens with one attached hydrogen (secondary N) is 1. The monoisotopic (exact) mass is 371 g/mol. The number of hydrogen-bond donors (Lipinski definition) is 1. The fourth-order valence-corrected chi connectivity index (χ4v) is 3.37. The predicted molar refractivity (Wildman–Crippen MR) is 101 cm³/mol. The average Bonchev–Trinajstić information content (AvgIpc) is 3.18. The molecule has 1 aliphatic carbocycles. The molecule has 3 rings (SSSR count). The molecule has 0 aromatic carbocycles. The van der Waals surface area contributed by atoms with E-state index in [1.807, 2.05) is 0 Å². The number of aromatic nitrogens is 4. The van der Waals surface area contributed by atoms with Crippen molar-refractivity contribution in [3.63, 3.8) is 0 Å². The van der Waals surface area contributed by atoms with E-state index in [-0.39, 0.29) is 30.1 Å². The third kappa shape index (κ3) is 4.50. The number of carbonyl (C=O) groups excluding carboxylic acids is 1. The number of nitrogens with zero attached hydrogens (tertiary/aromatic N) is 4. The number of carbonyl (C=O) groups is 1. The van der Waals surface area contributed by atoms with Gasteiger partial charge >= 0.3 is 0 Å². The maximum absolute atomic E-state index is 12.2. The maximum Gasteiger partial charge on any atom is 0.256 e. The van der Waals surface area contributed by atoms with E-state index in [9.17, 15) is 14.4 Å². The third-order valence-electron chi connectivity index (χ3n) is 5.18. The second-order valence-electron chi connectivity index (χ2n) is 7.06. The van der Waals surface area contributed by atoms with Crippen molar-refractivity contribution in [2.45, 2.75) is 58.5 Å². The van der Waals surface area contributed by atoms with Crippen molar-refractivity contribution in [1.29, 1.82) is 0 Å². The highest BCUT2D eigenvalue weighted by atomic mass is 16.2. The first-order chi connectivity index (χ1) is 13.0. The van der Waals surface area contributed by atoms with Crippen molar-refractivity contribution in [1.82, 2.24) is 24.4 Å². The van der Waals surface area contributed by atoms with Crippen LogP contribution in [0.4, 0.5) is 0 Å². The fraction of sp³-hybridized carbons (Fsp3) is 0.526. The van der Waals surface area contributed by atoms with Crippen LogP contribution in [0.1, 0.15) is 48.6 Å². The molecule has 0 radical (unpaired) electrons. The molecule has 1 saturated carbocycles. The Bertz CT molecular complexity index is 941. The summed E-state index contributed by atoms with van der Waals surface area (Å²) in [4.78, 5) is 44.9. The summed E-state index contributed by atoms with van der Waals surface area (Å²) in [7, 11) is 0. The van der Waals surface area contributed by atoms with Gasteiger partial charge in [0.25, 0.3) is 11.1 Å². The van der Waals surface area contributed by atoms with Gasteiger partial charge in [-0.25, -0.2) is 9.97 Å². The molecule has 0 aliphatic heterocycles. The summed E-state index contributed by atoms with van der Waals surface area (Å²) in [6.45, 7) is 3.97. The molecule has 1 fully saturated rings. The Morgan fingerprint density at radius 2 is 1.85 bits per heavy atom. The topological polar surface area (TPSA) is 98.9 Å². The molecular formula is C19H25N5O3. The van der Waals surface area contributed by atoms with E-state index >= 15 is 0 Å². The zero-order chi connectivity index (χ0) is 19.4. The highest BCUT2D eigenvalue weighted by Gasteiger charge is 2.18. The van der Waals surface area contributed by atoms with E-state index in [0.717, 1.165) is 18.5 Å². The summed E-state index contributed by atoms with van der Waals surface area (Å²) >= 11 is 0. The minimum Gasteiger partial charge on any atom is -0.353 e. The zero-order valence-electron chi connectivity index (χ0n) is 15.8. The Labute approximate surface area is 157 Å². The first-order valence-electron chi connectivity index (χ1n) is 9.31. The molecule has 8 nitrogen and oxygen atoms in total. The normalized spacial score (nSPS) is 14.4. The van der Waals surface area contributed by atoms with Gasteiger partial charge in [0.1, 0.15) is 6.54 Å². The molecule has 0 spiro atoms. The highest BCUT2D eigenvalue weighted by Crippen LogP contribution is 2.32. The van der Waals surface area contributed by atoms with Crippen LogP contribution in [0, 0.1) is 13.8 Å². The first-order valence-corrected chi connectivity index (χ1v) is 9.31. The molecule has 1 aliphatic rings. The second-order valence-corrected chi connectivity index (χ2v) is 7.06. The molecule has 8 heteroatoms. The Morgan fingerprint density at radius 3 is 2.56 bits per heavy atom. The summed E-state index contributed by atoms with van der Waals surface area (Å²) < 4.78 is 2.77. The van der Waals surface area contributed by atoms with Gasteiger partial charge in [-0.1, -0.05) is 12.8 Å². The van der Waals surface area contributed by atoms with Crippen LogP contribution in [0.15, 0.2) is 28.3 Å². The smallest absolute Gasteiger partial charge is 0.256 e. The highest BCUT2D eigenvalue weighted by molar-refractivity contribution is 5.75. The van der Waals surface area contributed by atoms with E-state index in [2.05, 4.69) is 15.3 Å². The molecule has 0 saturated heterocycles. The average molecular weight is 371 g/mol. The van der Waals surface area contributed by atoms with E-state index in [1.165, 1.54) is 28.3 Å². The largest absolute Gasteiger partial charge is 0.353 e. The van der Waals surface area contributed by atoms with Crippen LogP contribution < -0.4 is 16.4 Å². The summed E-state index contributed by atoms with van der Waals surface area (Å²) in [6, 6.07) is 1.61. The Hall–Kier alpha value is -2.77. The van der Waals surface area contributed by atoms with Crippen molar-refractivity contribution in [2.24, 2.45) is 0 Å². The fourth-order valence-electron chi connectivity index (χ4n) is 3.37. The van der Waals surface area contributed by atoms with Gasteiger partial charge in [0.15, 0.2) is 0 Å². The lowest BCUT2D eigenvalue weighted by molar-refractivity contribution is -0.121. The number of amides is 1. The number of hydrogen-bond acceptors (Lipinski definition) is 5. The van der Waals surface area contributed by atoms with Crippen molar-refractivity contribution < 1.29 is 4.79 Å². The van der Waals surface area contributed by atoms with Gasteiger partial charge in [-0.05, 0) is 26.7 Å². The van der Waals surface area contributed by atoms with Crippen LogP contribution in [0.25, 0.3) is 0 Å². The standard InChI is InChI=1S/C19H25N5O3/c1-13-14(2)21-11-24(19(13)27)10-17(25)20-7-8-23-12-22-16(9-18(23)26)15-5-3-4-6-15/h9,11-12,15H,3-8,10H2,1-2H3,(H,20,25). The van der Waals surface area contributed by atoms with Gasteiger partial charge in [-0.2, -0.15) is 0 Å². The van der Waals surface area contributed by atoms with Crippen LogP contribution in [0.3, 0.4) is 0 Å². The molecule has 144 valence electrons. The lowest BCUT2D eigenvalue weighted by atomic mass is 10.0. The SMILES string of the molecule is Cc1ncn(CC(=O)NCCn2cnc(C3CCCC3)cc2=O)c(=O)c1C. The van der Waals surface area contributed by atoms with E-state index in [0.29, 0.717) is 23.7 Å². The first kappa shape index (κ1) is 19.0. The molecule has 2 aromatic heterocycles. The summed E-state index contributed by atoms with van der Waals surface area (Å²) in [5.41, 5.74) is 1.74. The lowest BCUT2D eigenvalue weighted by Crippen LogP contribution is -2.36. The lowest BCUT2D eigenvalue weighted by Gasteiger charge is -2.11. The quantitative estimate of drug-likeness (QED) is 0.813. The molecule has 2 aromatic rings. The zero-order valence-corrected chi connectivity index (χ0v) is 15.8. The van der Waals surface area contributed by atoms with Crippen LogP contribution in [-0.2, 0) is 17.9 Å². The van der Waals surface area contributed by atoms with Crippen molar-refractivity contribution in [3.8, 4) is 0 Å². The van der Waals surface area contributed by atoms with Gasteiger partial charge in [0.05, 0.1) is 18.3 Å². The third-order valence-corrected chi connectivity index (χ3v) is 5.18. The second kappa shape index (κ2) is 8.28. The predicted octanol–water partition coefficient (Wildman–Crippen LogP) is 0.891. The van der Waals surface area contributed by atoms with Gasteiger partial charge in [0.2, 0.25) is 5.91 Å². The molecule has 1 amide bonds. The van der Waals surface area contributed by atoms with Crippen molar-refractivity contribution >= 4 is 5.91 Å². The molecule has 0 bridgehead atoms. The number of aryl methyl sites for hydroxylation is 1. The van der Waals surface area contributed by atoms with Crippen molar-refractivity contribution in [2.75, 3.05) is 6.54 Å². The molecule has 0 atom stereocenters. The maximum atomic E-state index is 12.2. The van der Waals surface area contributed by atoms with E-state index in [1.54, 1.807) is 26.2 Å². The van der Waals surface area contributed by atoms with Gasteiger partial charge in [-0.3, -0.25) is 23.5 Å². The van der Waals surface area contributed by atoms with E-state index < -0.39 is 0 Å². The summed E-state index contributed by atoms with van der Waals surface area (Å²) in [5, 5.41) is 2.72. The molecular weight excluding hydrogens is 346 g/mol. The Kier molecular flexibility index (Phi) is 5.83. The minimum atomic E-state index is -0.300. The van der Waals surface area contributed by atoms with Crippen LogP contribution in [0.2, 0.25) is 0 Å². The molecule has 2 heterocycles. The summed E-state index contributed by atoms with van der Waals surface area (Å²) in [6.07, 6.45) is 7.51. The van der Waals surface area contributed by atoms with Crippen LogP contribution >= 0.6 is 0 Å². The Morgan fingerprint density at radius 1 is 1.15 bits per heavy atom. The number of rotatable bonds is 6. The van der Waals surface area contributed by atoms with Gasteiger partial charge in [-0.15, -0.1) is 0 Å². The molecule has 0 unspecified atom stereocenters. The van der Waals surface area contributed by atoms with Gasteiger partial charge < -0.3 is 5.32 Å². The van der Waals surface area contributed by atoms with Crippen LogP contribution in [0.5, 0.6) is 0 Å². The molecule has 27 heavy (non-hydrogen) atoms. The Balaban J connectivity index is 1.53. The minimum absolute atomic E-state index is 0.0965. The van der Waals surface area contributed by atoms with E-state index in [4.69, 9.17) is 0 Å². The van der Waals surface area contributed by atoms with Crippen LogP contribution in [-0.4, -0.2) is 31.6 Å². The van der Waals surface area contributed by atoms with Gasteiger partial charge in [0, 0.05) is 36.3 Å².